The maximum Gasteiger partial charge on any atom is 0.328 e. The Morgan fingerprint density at radius 1 is 1.12 bits per heavy atom. The van der Waals surface area contributed by atoms with Crippen LogP contribution in [0.5, 0.6) is 5.88 Å². The van der Waals surface area contributed by atoms with Crippen LogP contribution in [0, 0.1) is 17.5 Å². The Balaban J connectivity index is 0.000000350. The van der Waals surface area contributed by atoms with Gasteiger partial charge in [-0.25, -0.2) is 27.4 Å². The van der Waals surface area contributed by atoms with Crippen LogP contribution in [0.4, 0.5) is 13.2 Å². The first-order valence-corrected chi connectivity index (χ1v) is 9.97. The predicted molar refractivity (Wildman–Crippen MR) is 113 cm³/mol. The van der Waals surface area contributed by atoms with Gasteiger partial charge >= 0.3 is 11.9 Å². The van der Waals surface area contributed by atoms with Crippen LogP contribution < -0.4 is 10.1 Å². The molecule has 1 aliphatic heterocycles. The molecule has 2 aromatic carbocycles. The lowest BCUT2D eigenvalue weighted by molar-refractivity contribution is -0.134. The van der Waals surface area contributed by atoms with E-state index in [4.69, 9.17) is 19.7 Å². The van der Waals surface area contributed by atoms with E-state index >= 15 is 0 Å². The second-order valence-electron chi connectivity index (χ2n) is 6.99. The first-order chi connectivity index (χ1) is 16.2. The van der Waals surface area contributed by atoms with Crippen molar-refractivity contribution in [1.82, 2.24) is 15.1 Å². The van der Waals surface area contributed by atoms with Gasteiger partial charge in [-0.2, -0.15) is 0 Å². The molecule has 34 heavy (non-hydrogen) atoms. The molecule has 1 atom stereocenters. The maximum atomic E-state index is 14.2. The number of aliphatic carboxylic acids is 2. The largest absolute Gasteiger partial charge is 0.478 e. The summed E-state index contributed by atoms with van der Waals surface area (Å²) in [6.45, 7) is 2.23. The standard InChI is InChI=1S/C18H16F3N3O2.C4H4O4/c19-11-1-3-16-14(7-11)18(26-10-13-9-22-5-6-25-13)23-24(16)17-4-2-12(20)8-15(17)21;5-3(6)1-2-4(7)8/h1-4,7-8,13,22H,5-6,9-10H2;1-2H,(H,5,6)(H,7,8)/b;2-1-/t13-;/m0./s1. The number of nitrogens with one attached hydrogen (secondary N) is 1. The molecule has 0 spiro atoms. The summed E-state index contributed by atoms with van der Waals surface area (Å²) in [5.41, 5.74) is 0.503. The molecule has 3 aromatic rings. The third-order valence-corrected chi connectivity index (χ3v) is 4.52. The van der Waals surface area contributed by atoms with Gasteiger partial charge in [0.15, 0.2) is 5.82 Å². The summed E-state index contributed by atoms with van der Waals surface area (Å²) >= 11 is 0. The molecule has 180 valence electrons. The van der Waals surface area contributed by atoms with Crippen LogP contribution in [0.25, 0.3) is 16.6 Å². The maximum absolute atomic E-state index is 14.2. The summed E-state index contributed by atoms with van der Waals surface area (Å²) in [5, 5.41) is 23.5. The zero-order valence-corrected chi connectivity index (χ0v) is 17.6. The van der Waals surface area contributed by atoms with E-state index in [2.05, 4.69) is 10.4 Å². The number of fused-ring (bicyclic) bond motifs is 1. The molecule has 4 rings (SSSR count). The number of hydrogen-bond acceptors (Lipinski definition) is 6. The minimum absolute atomic E-state index is 0.0495. The summed E-state index contributed by atoms with van der Waals surface area (Å²) in [6.07, 6.45) is 0.963. The number of aromatic nitrogens is 2. The minimum atomic E-state index is -1.26. The van der Waals surface area contributed by atoms with E-state index in [1.807, 2.05) is 0 Å². The number of benzene rings is 2. The Kier molecular flexibility index (Phi) is 8.22. The molecule has 1 aliphatic rings. The molecular weight excluding hydrogens is 459 g/mol. The Hall–Kier alpha value is -3.90. The lowest BCUT2D eigenvalue weighted by Gasteiger charge is -2.23. The Labute approximate surface area is 191 Å². The number of halogens is 3. The molecular formula is C22H20F3N3O6. The molecule has 0 aliphatic carbocycles. The van der Waals surface area contributed by atoms with E-state index in [0.29, 0.717) is 36.2 Å². The van der Waals surface area contributed by atoms with Crippen molar-refractivity contribution in [2.24, 2.45) is 0 Å². The number of carboxylic acids is 2. The summed E-state index contributed by atoms with van der Waals surface area (Å²) in [7, 11) is 0. The fourth-order valence-corrected chi connectivity index (χ4v) is 3.05. The van der Waals surface area contributed by atoms with Gasteiger partial charge in [0.25, 0.3) is 0 Å². The topological polar surface area (TPSA) is 123 Å². The number of hydrogen-bond donors (Lipinski definition) is 3. The van der Waals surface area contributed by atoms with Crippen LogP contribution in [-0.2, 0) is 14.3 Å². The van der Waals surface area contributed by atoms with Crippen LogP contribution in [0.2, 0.25) is 0 Å². The van der Waals surface area contributed by atoms with Crippen LogP contribution in [0.3, 0.4) is 0 Å². The second-order valence-corrected chi connectivity index (χ2v) is 6.99. The molecule has 0 saturated carbocycles. The lowest BCUT2D eigenvalue weighted by Crippen LogP contribution is -2.41. The van der Waals surface area contributed by atoms with Gasteiger partial charge in [0.05, 0.1) is 17.5 Å². The molecule has 0 amide bonds. The zero-order chi connectivity index (χ0) is 24.7. The fraction of sp³-hybridized carbons (Fsp3) is 0.227. The van der Waals surface area contributed by atoms with Crippen molar-refractivity contribution in [3.05, 3.63) is 66.0 Å². The highest BCUT2D eigenvalue weighted by atomic mass is 19.1. The van der Waals surface area contributed by atoms with Crippen LogP contribution in [0.1, 0.15) is 0 Å². The van der Waals surface area contributed by atoms with Crippen molar-refractivity contribution in [3.8, 4) is 11.6 Å². The Morgan fingerprint density at radius 2 is 1.79 bits per heavy atom. The van der Waals surface area contributed by atoms with E-state index in [0.717, 1.165) is 18.7 Å². The van der Waals surface area contributed by atoms with Crippen LogP contribution in [0.15, 0.2) is 48.6 Å². The number of carboxylic acid groups (broad SMARTS) is 2. The summed E-state index contributed by atoms with van der Waals surface area (Å²) in [5.74, 6) is -4.27. The van der Waals surface area contributed by atoms with Gasteiger partial charge in [0, 0.05) is 31.3 Å². The van der Waals surface area contributed by atoms with Crippen molar-refractivity contribution < 1.29 is 42.4 Å². The lowest BCUT2D eigenvalue weighted by atomic mass is 10.2. The normalized spacial score (nSPS) is 15.7. The third kappa shape index (κ3) is 6.56. The number of nitrogens with zero attached hydrogens (tertiary/aromatic N) is 2. The average Bonchev–Trinajstić information content (AvgIpc) is 3.15. The molecule has 0 bridgehead atoms. The third-order valence-electron chi connectivity index (χ3n) is 4.52. The number of ether oxygens (including phenoxy) is 2. The predicted octanol–water partition coefficient (Wildman–Crippen LogP) is 2.52. The van der Waals surface area contributed by atoms with Crippen LogP contribution >= 0.6 is 0 Å². The number of rotatable bonds is 6. The van der Waals surface area contributed by atoms with Crippen molar-refractivity contribution in [1.29, 1.82) is 0 Å². The Morgan fingerprint density at radius 3 is 2.41 bits per heavy atom. The highest BCUT2D eigenvalue weighted by Gasteiger charge is 2.19. The quantitative estimate of drug-likeness (QED) is 0.461. The first-order valence-electron chi connectivity index (χ1n) is 9.97. The minimum Gasteiger partial charge on any atom is -0.478 e. The smallest absolute Gasteiger partial charge is 0.328 e. The fourth-order valence-electron chi connectivity index (χ4n) is 3.05. The first kappa shape index (κ1) is 24.7. The molecule has 1 saturated heterocycles. The van der Waals surface area contributed by atoms with Gasteiger partial charge in [0.2, 0.25) is 5.88 Å². The summed E-state index contributed by atoms with van der Waals surface area (Å²) in [4.78, 5) is 19.1. The van der Waals surface area contributed by atoms with Crippen molar-refractivity contribution in [2.45, 2.75) is 6.10 Å². The highest BCUT2D eigenvalue weighted by Crippen LogP contribution is 2.29. The molecule has 9 nitrogen and oxygen atoms in total. The Bertz CT molecular complexity index is 1190. The highest BCUT2D eigenvalue weighted by molar-refractivity contribution is 5.89. The molecule has 1 fully saturated rings. The monoisotopic (exact) mass is 479 g/mol. The van der Waals surface area contributed by atoms with Crippen molar-refractivity contribution in [2.75, 3.05) is 26.3 Å². The van der Waals surface area contributed by atoms with Crippen molar-refractivity contribution >= 4 is 22.8 Å². The van der Waals surface area contributed by atoms with Gasteiger partial charge in [-0.1, -0.05) is 0 Å². The SMILES string of the molecule is Fc1ccc(-n2nc(OC[C@@H]3CNCCO3)c3cc(F)ccc32)c(F)c1.O=C(O)/C=C\C(=O)O. The van der Waals surface area contributed by atoms with E-state index in [1.165, 1.54) is 28.9 Å². The number of carbonyl (C=O) groups is 2. The van der Waals surface area contributed by atoms with Gasteiger partial charge in [0.1, 0.15) is 30.0 Å². The van der Waals surface area contributed by atoms with Gasteiger partial charge in [-0.15, -0.1) is 5.10 Å². The van der Waals surface area contributed by atoms with Crippen molar-refractivity contribution in [3.63, 3.8) is 0 Å². The van der Waals surface area contributed by atoms with Gasteiger partial charge in [-0.05, 0) is 30.3 Å². The zero-order valence-electron chi connectivity index (χ0n) is 17.6. The average molecular weight is 479 g/mol. The molecule has 1 aromatic heterocycles. The molecule has 2 heterocycles. The second kappa shape index (κ2) is 11.3. The number of morpholine rings is 1. The van der Waals surface area contributed by atoms with E-state index in [-0.39, 0.29) is 24.3 Å². The molecule has 0 unspecified atom stereocenters. The van der Waals surface area contributed by atoms with E-state index < -0.39 is 29.4 Å². The summed E-state index contributed by atoms with van der Waals surface area (Å²) in [6, 6.07) is 7.19. The van der Waals surface area contributed by atoms with Crippen LogP contribution in [-0.4, -0.2) is 64.3 Å². The molecule has 0 radical (unpaired) electrons. The molecule has 3 N–H and O–H groups in total. The van der Waals surface area contributed by atoms with Gasteiger partial charge < -0.3 is 25.0 Å². The van der Waals surface area contributed by atoms with E-state index in [1.54, 1.807) is 0 Å². The van der Waals surface area contributed by atoms with Gasteiger partial charge in [-0.3, -0.25) is 0 Å². The molecule has 12 heteroatoms. The summed E-state index contributed by atoms with van der Waals surface area (Å²) < 4.78 is 53.6. The van der Waals surface area contributed by atoms with E-state index in [9.17, 15) is 22.8 Å².